The number of anilines is 1. The Balaban J connectivity index is 1.07. The third kappa shape index (κ3) is 4.76. The van der Waals surface area contributed by atoms with Crippen LogP contribution in [-0.2, 0) is 21.4 Å². The summed E-state index contributed by atoms with van der Waals surface area (Å²) >= 11 is 0. The number of nitrogens with one attached hydrogen (secondary N) is 3. The van der Waals surface area contributed by atoms with Gasteiger partial charge in [-0.15, -0.1) is 0 Å². The number of aryl methyl sites for hydroxylation is 1. The molecule has 3 aliphatic rings. The molecule has 8 nitrogen and oxygen atoms in total. The van der Waals surface area contributed by atoms with Crippen molar-refractivity contribution in [3.63, 3.8) is 0 Å². The van der Waals surface area contributed by atoms with Gasteiger partial charge >= 0.3 is 0 Å². The van der Waals surface area contributed by atoms with Crippen LogP contribution >= 0.6 is 0 Å². The molecule has 206 valence electrons. The lowest BCUT2D eigenvalue weighted by Crippen LogP contribution is -2.44. The summed E-state index contributed by atoms with van der Waals surface area (Å²) in [7, 11) is 1.82. The molecule has 1 saturated heterocycles. The molecule has 2 aliphatic carbocycles. The van der Waals surface area contributed by atoms with Gasteiger partial charge < -0.3 is 10.6 Å². The van der Waals surface area contributed by atoms with Crippen molar-refractivity contribution in [1.29, 1.82) is 0 Å². The molecule has 3 N–H and O–H groups in total. The first kappa shape index (κ1) is 26.9. The number of amides is 3. The van der Waals surface area contributed by atoms with Crippen molar-refractivity contribution >= 4 is 34.3 Å². The van der Waals surface area contributed by atoms with Crippen LogP contribution in [-0.4, -0.2) is 40.1 Å². The molecule has 5 rings (SSSR count). The molecule has 1 aromatic carbocycles. The fourth-order valence-corrected chi connectivity index (χ4v) is 7.44. The number of hydrogen-bond acceptors (Lipinski definition) is 5. The zero-order chi connectivity index (χ0) is 27.1. The van der Waals surface area contributed by atoms with E-state index >= 15 is 0 Å². The van der Waals surface area contributed by atoms with Crippen molar-refractivity contribution in [2.24, 2.45) is 23.8 Å². The molecule has 38 heavy (non-hydrogen) atoms. The fraction of sp³-hybridized carbons (Fsp3) is 0.667. The third-order valence-corrected chi connectivity index (χ3v) is 10.3. The Hall–Kier alpha value is -2.74. The van der Waals surface area contributed by atoms with Crippen LogP contribution in [0.4, 0.5) is 5.69 Å². The number of hydrogen-bond donors (Lipinski definition) is 3. The Morgan fingerprint density at radius 2 is 1.92 bits per heavy atom. The number of imide groups is 1. The number of aromatic nitrogens is 2. The monoisotopic (exact) mass is 521 g/mol. The highest BCUT2D eigenvalue weighted by Gasteiger charge is 2.60. The van der Waals surface area contributed by atoms with Crippen molar-refractivity contribution in [3.8, 4) is 0 Å². The smallest absolute Gasteiger partial charge is 0.235 e. The Labute approximate surface area is 225 Å². The van der Waals surface area contributed by atoms with Gasteiger partial charge in [-0.2, -0.15) is 5.10 Å². The topological polar surface area (TPSA) is 105 Å². The first-order valence-electron chi connectivity index (χ1n) is 14.4. The third-order valence-electron chi connectivity index (χ3n) is 10.3. The highest BCUT2D eigenvalue weighted by molar-refractivity contribution is 6.05. The van der Waals surface area contributed by atoms with Crippen LogP contribution in [0.1, 0.15) is 96.6 Å². The van der Waals surface area contributed by atoms with Gasteiger partial charge in [0.1, 0.15) is 0 Å². The van der Waals surface area contributed by atoms with Crippen LogP contribution in [0.2, 0.25) is 0 Å². The Morgan fingerprint density at radius 1 is 1.13 bits per heavy atom. The zero-order valence-electron chi connectivity index (χ0n) is 23.4. The van der Waals surface area contributed by atoms with Gasteiger partial charge in [0.25, 0.3) is 0 Å². The molecule has 2 aromatic rings. The molecular formula is C30H43N5O3. The summed E-state index contributed by atoms with van der Waals surface area (Å²) in [4.78, 5) is 36.7. The number of fused-ring (bicyclic) bond motifs is 3. The van der Waals surface area contributed by atoms with E-state index in [2.05, 4.69) is 41.8 Å². The SMILES string of the molecule is Cn1nc(C2CCC(=O)NC2=O)c2cccc(NC(=O)CCCCCCN[C@H]3C[C@H]4CC[C@]3(C)C4(C)C)c21. The van der Waals surface area contributed by atoms with Crippen molar-refractivity contribution in [2.45, 2.75) is 96.9 Å². The van der Waals surface area contributed by atoms with Crippen molar-refractivity contribution in [3.05, 3.63) is 23.9 Å². The molecule has 1 aromatic heterocycles. The minimum absolute atomic E-state index is 0.00322. The summed E-state index contributed by atoms with van der Waals surface area (Å²) in [5, 5.41) is 14.8. The van der Waals surface area contributed by atoms with Gasteiger partial charge in [0.15, 0.2) is 0 Å². The van der Waals surface area contributed by atoms with Gasteiger partial charge in [-0.3, -0.25) is 24.4 Å². The predicted octanol–water partition coefficient (Wildman–Crippen LogP) is 4.79. The Bertz CT molecular complexity index is 1230. The molecule has 2 bridgehead atoms. The van der Waals surface area contributed by atoms with Gasteiger partial charge in [-0.1, -0.05) is 45.7 Å². The number of piperidine rings is 1. The average Bonchev–Trinajstić information content (AvgIpc) is 3.38. The lowest BCUT2D eigenvalue weighted by molar-refractivity contribution is -0.134. The summed E-state index contributed by atoms with van der Waals surface area (Å²) < 4.78 is 1.72. The lowest BCUT2D eigenvalue weighted by atomic mass is 9.69. The van der Waals surface area contributed by atoms with Gasteiger partial charge in [-0.05, 0) is 67.9 Å². The van der Waals surface area contributed by atoms with Crippen molar-refractivity contribution < 1.29 is 14.4 Å². The number of carbonyl (C=O) groups excluding carboxylic acids is 3. The highest BCUT2D eigenvalue weighted by Crippen LogP contribution is 2.65. The molecule has 3 amide bonds. The van der Waals surface area contributed by atoms with E-state index in [-0.39, 0.29) is 17.7 Å². The second-order valence-corrected chi connectivity index (χ2v) is 12.5. The van der Waals surface area contributed by atoms with E-state index in [0.29, 0.717) is 47.5 Å². The van der Waals surface area contributed by atoms with Crippen LogP contribution in [0.5, 0.6) is 0 Å². The van der Waals surface area contributed by atoms with E-state index in [4.69, 9.17) is 0 Å². The zero-order valence-corrected chi connectivity index (χ0v) is 23.4. The van der Waals surface area contributed by atoms with E-state index in [1.165, 1.54) is 19.3 Å². The predicted molar refractivity (Wildman–Crippen MR) is 149 cm³/mol. The van der Waals surface area contributed by atoms with Crippen molar-refractivity contribution in [1.82, 2.24) is 20.4 Å². The summed E-state index contributed by atoms with van der Waals surface area (Å²) in [6.07, 6.45) is 9.48. The van der Waals surface area contributed by atoms with Crippen LogP contribution < -0.4 is 16.0 Å². The van der Waals surface area contributed by atoms with Gasteiger partial charge in [0.2, 0.25) is 17.7 Å². The number of unbranched alkanes of at least 4 members (excludes halogenated alkanes) is 3. The number of rotatable bonds is 10. The van der Waals surface area contributed by atoms with Gasteiger partial charge in [-0.25, -0.2) is 0 Å². The largest absolute Gasteiger partial charge is 0.324 e. The number of carbonyl (C=O) groups is 3. The van der Waals surface area contributed by atoms with Crippen molar-refractivity contribution in [2.75, 3.05) is 11.9 Å². The minimum atomic E-state index is -0.463. The fourth-order valence-electron chi connectivity index (χ4n) is 7.44. The molecular weight excluding hydrogens is 478 g/mol. The van der Waals surface area contributed by atoms with E-state index in [0.717, 1.165) is 49.0 Å². The van der Waals surface area contributed by atoms with Crippen LogP contribution in [0.3, 0.4) is 0 Å². The molecule has 4 atom stereocenters. The maximum absolute atomic E-state index is 12.7. The standard InChI is InChI=1S/C30H43N5O3/c1-29(2)19-15-16-30(29,3)23(18-19)31-17-8-6-5-7-12-24(36)32-22-11-9-10-20-26(34-35(4)27(20)22)21-13-14-25(37)33-28(21)38/h9-11,19,21,23,31H,5-8,12-18H2,1-4H3,(H,32,36)(H,33,37,38)/t19-,21?,23+,30+/m1/s1. The van der Waals surface area contributed by atoms with E-state index in [1.807, 2.05) is 25.2 Å². The van der Waals surface area contributed by atoms with Gasteiger partial charge in [0, 0.05) is 31.3 Å². The molecule has 3 fully saturated rings. The molecule has 1 unspecified atom stereocenters. The average molecular weight is 522 g/mol. The van der Waals surface area contributed by atoms with E-state index in [9.17, 15) is 14.4 Å². The summed E-state index contributed by atoms with van der Waals surface area (Å²) in [5.74, 6) is -0.148. The summed E-state index contributed by atoms with van der Waals surface area (Å²) in [5.41, 5.74) is 3.02. The lowest BCUT2D eigenvalue weighted by Gasteiger charge is -2.39. The Morgan fingerprint density at radius 3 is 2.63 bits per heavy atom. The highest BCUT2D eigenvalue weighted by atomic mass is 16.2. The molecule has 2 heterocycles. The maximum Gasteiger partial charge on any atom is 0.235 e. The first-order chi connectivity index (χ1) is 18.1. The maximum atomic E-state index is 12.7. The Kier molecular flexibility index (Phi) is 7.37. The number of para-hydroxylation sites is 1. The first-order valence-corrected chi connectivity index (χ1v) is 14.4. The van der Waals surface area contributed by atoms with Crippen LogP contribution in [0.15, 0.2) is 18.2 Å². The summed E-state index contributed by atoms with van der Waals surface area (Å²) in [6, 6.07) is 6.31. The second-order valence-electron chi connectivity index (χ2n) is 12.5. The molecule has 0 radical (unpaired) electrons. The molecule has 1 aliphatic heterocycles. The quantitative estimate of drug-likeness (QED) is 0.308. The van der Waals surface area contributed by atoms with Crippen LogP contribution in [0, 0.1) is 16.7 Å². The molecule has 8 heteroatoms. The normalized spacial score (nSPS) is 28.2. The van der Waals surface area contributed by atoms with E-state index < -0.39 is 5.92 Å². The minimum Gasteiger partial charge on any atom is -0.324 e. The molecule has 2 saturated carbocycles. The second kappa shape index (κ2) is 10.4. The number of nitrogens with zero attached hydrogens (tertiary/aromatic N) is 2. The van der Waals surface area contributed by atoms with E-state index in [1.54, 1.807) is 4.68 Å². The summed E-state index contributed by atoms with van der Waals surface area (Å²) in [6.45, 7) is 8.47. The molecule has 0 spiro atoms. The number of benzene rings is 1. The van der Waals surface area contributed by atoms with Crippen LogP contribution in [0.25, 0.3) is 10.9 Å². The van der Waals surface area contributed by atoms with Gasteiger partial charge in [0.05, 0.1) is 22.8 Å².